The highest BCUT2D eigenvalue weighted by Crippen LogP contribution is 2.11. The number of nitriles is 1. The first-order chi connectivity index (χ1) is 11.7. The maximum absolute atomic E-state index is 12.1. The number of benzene rings is 1. The molecule has 1 aromatic carbocycles. The quantitative estimate of drug-likeness (QED) is 0.378. The summed E-state index contributed by atoms with van der Waals surface area (Å²) in [5.41, 5.74) is 0.888. The number of nitrogens with zero attached hydrogens (tertiary/aromatic N) is 1. The van der Waals surface area contributed by atoms with E-state index in [4.69, 9.17) is 10.4 Å². The minimum Gasteiger partial charge on any atom is -0.480 e. The Morgan fingerprint density at radius 3 is 2.28 bits per heavy atom. The number of carboxylic acids is 1. The molecule has 1 atom stereocenters. The second-order valence-electron chi connectivity index (χ2n) is 5.94. The predicted octanol–water partition coefficient (Wildman–Crippen LogP) is 2.32. The number of anilines is 1. The third kappa shape index (κ3) is 6.47. The minimum absolute atomic E-state index is 0.0657. The van der Waals surface area contributed by atoms with E-state index in [1.54, 1.807) is 30.3 Å². The second-order valence-corrected chi connectivity index (χ2v) is 5.94. The van der Waals surface area contributed by atoms with E-state index < -0.39 is 17.9 Å². The van der Waals surface area contributed by atoms with E-state index in [1.165, 1.54) is 13.1 Å². The van der Waals surface area contributed by atoms with E-state index in [2.05, 4.69) is 10.6 Å². The fourth-order valence-electron chi connectivity index (χ4n) is 2.03. The molecule has 1 unspecified atom stereocenters. The number of carboxylic acid groups (broad SMARTS) is 1. The van der Waals surface area contributed by atoms with Gasteiger partial charge in [-0.25, -0.2) is 4.79 Å². The molecule has 0 fully saturated rings. The van der Waals surface area contributed by atoms with Crippen molar-refractivity contribution in [3.8, 4) is 6.07 Å². The van der Waals surface area contributed by atoms with Crippen molar-refractivity contribution in [2.75, 3.05) is 5.32 Å². The van der Waals surface area contributed by atoms with Gasteiger partial charge in [-0.2, -0.15) is 5.26 Å². The van der Waals surface area contributed by atoms with Crippen LogP contribution in [0.4, 0.5) is 5.69 Å². The smallest absolute Gasteiger partial charge is 0.326 e. The van der Waals surface area contributed by atoms with Gasteiger partial charge in [0, 0.05) is 17.5 Å². The molecule has 0 radical (unpaired) electrons. The van der Waals surface area contributed by atoms with Gasteiger partial charge in [0.1, 0.15) is 17.7 Å². The first-order valence-electron chi connectivity index (χ1n) is 7.76. The molecule has 0 saturated heterocycles. The monoisotopic (exact) mass is 343 g/mol. The standard InChI is InChI=1S/C18H21N3O4/c1-11(2)8-16(18(24)25)21-17(23)14(9-19)10-20-15-6-4-13(5-7-15)12(3)22/h4-7,10-11,16,20H,8H2,1-3H3,(H,21,23)(H,24,25)/b14-10-. The van der Waals surface area contributed by atoms with Gasteiger partial charge in [-0.3, -0.25) is 9.59 Å². The van der Waals surface area contributed by atoms with Crippen LogP contribution in [0.15, 0.2) is 36.0 Å². The van der Waals surface area contributed by atoms with Crippen molar-refractivity contribution in [2.24, 2.45) is 5.92 Å². The van der Waals surface area contributed by atoms with Crippen LogP contribution in [0.1, 0.15) is 37.6 Å². The lowest BCUT2D eigenvalue weighted by molar-refractivity contribution is -0.141. The summed E-state index contributed by atoms with van der Waals surface area (Å²) >= 11 is 0. The van der Waals surface area contributed by atoms with Crippen LogP contribution in [-0.4, -0.2) is 28.8 Å². The van der Waals surface area contributed by atoms with Crippen molar-refractivity contribution in [3.63, 3.8) is 0 Å². The Bertz CT molecular complexity index is 715. The van der Waals surface area contributed by atoms with Crippen molar-refractivity contribution in [1.29, 1.82) is 5.26 Å². The summed E-state index contributed by atoms with van der Waals surface area (Å²) in [6.45, 7) is 5.14. The third-order valence-electron chi connectivity index (χ3n) is 3.35. The van der Waals surface area contributed by atoms with Gasteiger partial charge in [0.2, 0.25) is 0 Å². The molecule has 25 heavy (non-hydrogen) atoms. The van der Waals surface area contributed by atoms with Crippen LogP contribution in [0, 0.1) is 17.2 Å². The third-order valence-corrected chi connectivity index (χ3v) is 3.35. The number of carbonyl (C=O) groups is 3. The van der Waals surface area contributed by atoms with Crippen LogP contribution in [-0.2, 0) is 9.59 Å². The van der Waals surface area contributed by atoms with E-state index in [-0.39, 0.29) is 23.7 Å². The lowest BCUT2D eigenvalue weighted by Crippen LogP contribution is -2.42. The maximum Gasteiger partial charge on any atom is 0.326 e. The first-order valence-corrected chi connectivity index (χ1v) is 7.76. The van der Waals surface area contributed by atoms with E-state index in [0.717, 1.165) is 0 Å². The van der Waals surface area contributed by atoms with Gasteiger partial charge >= 0.3 is 5.97 Å². The van der Waals surface area contributed by atoms with Gasteiger partial charge in [-0.1, -0.05) is 13.8 Å². The highest BCUT2D eigenvalue weighted by molar-refractivity contribution is 5.99. The van der Waals surface area contributed by atoms with Crippen LogP contribution >= 0.6 is 0 Å². The summed E-state index contributed by atoms with van der Waals surface area (Å²) < 4.78 is 0. The number of rotatable bonds is 8. The van der Waals surface area contributed by atoms with Gasteiger partial charge in [-0.15, -0.1) is 0 Å². The largest absolute Gasteiger partial charge is 0.480 e. The predicted molar refractivity (Wildman–Crippen MR) is 92.8 cm³/mol. The number of carbonyl (C=O) groups excluding carboxylic acids is 2. The average molecular weight is 343 g/mol. The molecule has 0 aromatic heterocycles. The summed E-state index contributed by atoms with van der Waals surface area (Å²) in [6.07, 6.45) is 1.46. The summed E-state index contributed by atoms with van der Waals surface area (Å²) in [5.74, 6) is -1.89. The van der Waals surface area contributed by atoms with Crippen molar-refractivity contribution >= 4 is 23.3 Å². The molecule has 3 N–H and O–H groups in total. The molecule has 132 valence electrons. The van der Waals surface area contributed by atoms with Gasteiger partial charge in [0.05, 0.1) is 0 Å². The molecule has 1 amide bonds. The molecule has 0 spiro atoms. The molecule has 7 heteroatoms. The Labute approximate surface area is 146 Å². The SMILES string of the molecule is CC(=O)c1ccc(N/C=C(/C#N)C(=O)NC(CC(C)C)C(=O)O)cc1. The number of amides is 1. The molecule has 0 aliphatic carbocycles. The highest BCUT2D eigenvalue weighted by Gasteiger charge is 2.22. The summed E-state index contributed by atoms with van der Waals surface area (Å²) in [4.78, 5) is 34.5. The maximum atomic E-state index is 12.1. The van der Waals surface area contributed by atoms with E-state index >= 15 is 0 Å². The van der Waals surface area contributed by atoms with E-state index in [0.29, 0.717) is 11.3 Å². The Morgan fingerprint density at radius 1 is 1.24 bits per heavy atom. The summed E-state index contributed by atoms with van der Waals surface area (Å²) in [5, 5.41) is 23.4. The topological polar surface area (TPSA) is 119 Å². The number of aliphatic carboxylic acids is 1. The number of hydrogen-bond donors (Lipinski definition) is 3. The number of Topliss-reactive ketones (excluding diaryl/α,β-unsaturated/α-hetero) is 1. The van der Waals surface area contributed by atoms with Gasteiger partial charge in [0.25, 0.3) is 5.91 Å². The second kappa shape index (κ2) is 9.23. The fraction of sp³-hybridized carbons (Fsp3) is 0.333. The molecule has 0 aliphatic rings. The minimum atomic E-state index is -1.15. The Morgan fingerprint density at radius 2 is 1.84 bits per heavy atom. The normalized spacial score (nSPS) is 12.2. The molecular weight excluding hydrogens is 322 g/mol. The van der Waals surface area contributed by atoms with Gasteiger partial charge in [-0.05, 0) is 43.5 Å². The number of ketones is 1. The van der Waals surface area contributed by atoms with Gasteiger partial charge in [0.15, 0.2) is 5.78 Å². The highest BCUT2D eigenvalue weighted by atomic mass is 16.4. The first kappa shape index (κ1) is 19.9. The van der Waals surface area contributed by atoms with Crippen LogP contribution in [0.25, 0.3) is 0 Å². The van der Waals surface area contributed by atoms with Crippen molar-refractivity contribution in [1.82, 2.24) is 5.32 Å². The molecule has 0 bridgehead atoms. The molecule has 7 nitrogen and oxygen atoms in total. The Kier molecular flexibility index (Phi) is 7.35. The van der Waals surface area contributed by atoms with Crippen LogP contribution in [0.2, 0.25) is 0 Å². The molecule has 0 saturated carbocycles. The lowest BCUT2D eigenvalue weighted by Gasteiger charge is -2.16. The molecule has 1 aromatic rings. The molecule has 0 heterocycles. The summed E-state index contributed by atoms with van der Waals surface area (Å²) in [7, 11) is 0. The number of nitrogens with one attached hydrogen (secondary N) is 2. The Balaban J connectivity index is 2.80. The zero-order valence-electron chi connectivity index (χ0n) is 14.4. The lowest BCUT2D eigenvalue weighted by atomic mass is 10.0. The molecule has 1 rings (SSSR count). The zero-order chi connectivity index (χ0) is 19.0. The average Bonchev–Trinajstić information content (AvgIpc) is 2.54. The van der Waals surface area contributed by atoms with Crippen molar-refractivity contribution < 1.29 is 19.5 Å². The van der Waals surface area contributed by atoms with E-state index in [1.807, 2.05) is 13.8 Å². The molecular formula is C18H21N3O4. The van der Waals surface area contributed by atoms with Crippen molar-refractivity contribution in [3.05, 3.63) is 41.6 Å². The Hall–Kier alpha value is -3.14. The fourth-order valence-corrected chi connectivity index (χ4v) is 2.03. The summed E-state index contributed by atoms with van der Waals surface area (Å²) in [6, 6.07) is 7.20. The molecule has 0 aliphatic heterocycles. The van der Waals surface area contributed by atoms with E-state index in [9.17, 15) is 14.4 Å². The van der Waals surface area contributed by atoms with Crippen LogP contribution in [0.3, 0.4) is 0 Å². The number of hydrogen-bond acceptors (Lipinski definition) is 5. The van der Waals surface area contributed by atoms with Crippen molar-refractivity contribution in [2.45, 2.75) is 33.2 Å². The zero-order valence-corrected chi connectivity index (χ0v) is 14.4. The van der Waals surface area contributed by atoms with Crippen LogP contribution < -0.4 is 10.6 Å². The van der Waals surface area contributed by atoms with Gasteiger partial charge < -0.3 is 15.7 Å². The van der Waals surface area contributed by atoms with Crippen LogP contribution in [0.5, 0.6) is 0 Å².